The van der Waals surface area contributed by atoms with Crippen molar-refractivity contribution in [2.45, 2.75) is 0 Å². The van der Waals surface area contributed by atoms with E-state index in [2.05, 4.69) is 27.6 Å². The molecule has 0 aliphatic carbocycles. The molecular formula is C7H4ClIN2. The zero-order valence-electron chi connectivity index (χ0n) is 5.46. The molecule has 4 heteroatoms. The average molecular weight is 278 g/mol. The molecule has 0 saturated heterocycles. The molecule has 0 spiro atoms. The first-order valence-electron chi connectivity index (χ1n) is 3.05. The van der Waals surface area contributed by atoms with Crippen molar-refractivity contribution < 1.29 is 0 Å². The van der Waals surface area contributed by atoms with E-state index in [4.69, 9.17) is 11.6 Å². The number of pyridine rings is 1. The number of nitrogens with zero attached hydrogens (tertiary/aromatic N) is 2. The number of hydrogen-bond acceptors (Lipinski definition) is 1. The van der Waals surface area contributed by atoms with Crippen LogP contribution in [-0.2, 0) is 0 Å². The highest BCUT2D eigenvalue weighted by Crippen LogP contribution is 2.19. The number of halogens is 2. The summed E-state index contributed by atoms with van der Waals surface area (Å²) in [7, 11) is 0. The lowest BCUT2D eigenvalue weighted by atomic mass is 10.5. The minimum atomic E-state index is 0.754. The van der Waals surface area contributed by atoms with Gasteiger partial charge < -0.3 is 4.40 Å². The zero-order chi connectivity index (χ0) is 7.84. The lowest BCUT2D eigenvalue weighted by Gasteiger charge is -1.96. The summed E-state index contributed by atoms with van der Waals surface area (Å²) in [5.41, 5.74) is 0.885. The van der Waals surface area contributed by atoms with Crippen molar-refractivity contribution in [3.05, 3.63) is 33.2 Å². The van der Waals surface area contributed by atoms with Crippen LogP contribution in [0.4, 0.5) is 0 Å². The Morgan fingerprint density at radius 1 is 1.55 bits per heavy atom. The Balaban J connectivity index is 2.86. The van der Waals surface area contributed by atoms with Crippen LogP contribution in [0.3, 0.4) is 0 Å². The van der Waals surface area contributed by atoms with Crippen molar-refractivity contribution >= 4 is 39.8 Å². The maximum atomic E-state index is 5.88. The molecule has 0 N–H and O–H groups in total. The van der Waals surface area contributed by atoms with Gasteiger partial charge >= 0.3 is 0 Å². The highest BCUT2D eigenvalue weighted by atomic mass is 127. The van der Waals surface area contributed by atoms with Gasteiger partial charge in [0.05, 0.1) is 5.02 Å². The molecule has 0 aliphatic rings. The standard InChI is InChI=1S/C7H4ClIN2/c8-5-3-7-10-1-2-11(7)4-6(5)9/h1-4H. The second-order valence-electron chi connectivity index (χ2n) is 2.16. The van der Waals surface area contributed by atoms with Gasteiger partial charge in [0.2, 0.25) is 0 Å². The van der Waals surface area contributed by atoms with Crippen molar-refractivity contribution in [3.63, 3.8) is 0 Å². The Kier molecular flexibility index (Phi) is 1.77. The fourth-order valence-corrected chi connectivity index (χ4v) is 1.51. The van der Waals surface area contributed by atoms with E-state index in [1.807, 2.05) is 22.9 Å². The van der Waals surface area contributed by atoms with Gasteiger partial charge in [-0.05, 0) is 22.6 Å². The van der Waals surface area contributed by atoms with Crippen LogP contribution in [0.5, 0.6) is 0 Å². The van der Waals surface area contributed by atoms with Gasteiger partial charge in [0.1, 0.15) is 5.65 Å². The van der Waals surface area contributed by atoms with Crippen LogP contribution in [0.2, 0.25) is 5.02 Å². The monoisotopic (exact) mass is 278 g/mol. The van der Waals surface area contributed by atoms with E-state index < -0.39 is 0 Å². The molecule has 0 aliphatic heterocycles. The Labute approximate surface area is 82.3 Å². The molecule has 0 radical (unpaired) electrons. The lowest BCUT2D eigenvalue weighted by molar-refractivity contribution is 1.17. The molecule has 0 bridgehead atoms. The van der Waals surface area contributed by atoms with Gasteiger partial charge in [-0.2, -0.15) is 0 Å². The van der Waals surface area contributed by atoms with E-state index in [1.165, 1.54) is 0 Å². The predicted octanol–water partition coefficient (Wildman–Crippen LogP) is 2.59. The maximum Gasteiger partial charge on any atom is 0.138 e. The molecule has 0 saturated carbocycles. The molecule has 2 heterocycles. The summed E-state index contributed by atoms with van der Waals surface area (Å²) in [4.78, 5) is 4.10. The van der Waals surface area contributed by atoms with E-state index in [0.717, 1.165) is 14.2 Å². The molecule has 0 atom stereocenters. The third kappa shape index (κ3) is 1.22. The number of fused-ring (bicyclic) bond motifs is 1. The van der Waals surface area contributed by atoms with E-state index in [-0.39, 0.29) is 0 Å². The molecule has 2 aromatic heterocycles. The van der Waals surface area contributed by atoms with Gasteiger partial charge in [-0.3, -0.25) is 0 Å². The summed E-state index contributed by atoms with van der Waals surface area (Å²) >= 11 is 8.07. The van der Waals surface area contributed by atoms with E-state index >= 15 is 0 Å². The first-order valence-corrected chi connectivity index (χ1v) is 4.51. The number of aromatic nitrogens is 2. The predicted molar refractivity (Wildman–Crippen MR) is 52.9 cm³/mol. The van der Waals surface area contributed by atoms with Crippen molar-refractivity contribution in [2.24, 2.45) is 0 Å². The van der Waals surface area contributed by atoms with Crippen LogP contribution < -0.4 is 0 Å². The van der Waals surface area contributed by atoms with Crippen LogP contribution in [0, 0.1) is 3.57 Å². The normalized spacial score (nSPS) is 10.7. The van der Waals surface area contributed by atoms with Crippen LogP contribution in [-0.4, -0.2) is 9.38 Å². The Hall–Kier alpha value is -0.290. The van der Waals surface area contributed by atoms with Crippen molar-refractivity contribution in [1.29, 1.82) is 0 Å². The second kappa shape index (κ2) is 2.64. The van der Waals surface area contributed by atoms with Gasteiger partial charge in [-0.15, -0.1) is 0 Å². The smallest absolute Gasteiger partial charge is 0.138 e. The van der Waals surface area contributed by atoms with Gasteiger partial charge in [0, 0.05) is 28.2 Å². The Morgan fingerprint density at radius 2 is 2.36 bits per heavy atom. The van der Waals surface area contributed by atoms with Gasteiger partial charge in [-0.1, -0.05) is 11.6 Å². The summed E-state index contributed by atoms with van der Waals surface area (Å²) in [6.07, 6.45) is 5.60. The molecule has 0 amide bonds. The highest BCUT2D eigenvalue weighted by Gasteiger charge is 1.99. The number of rotatable bonds is 0. The lowest BCUT2D eigenvalue weighted by Crippen LogP contribution is -1.84. The molecule has 2 rings (SSSR count). The second-order valence-corrected chi connectivity index (χ2v) is 3.73. The van der Waals surface area contributed by atoms with Crippen LogP contribution >= 0.6 is 34.2 Å². The van der Waals surface area contributed by atoms with E-state index in [1.54, 1.807) is 6.20 Å². The van der Waals surface area contributed by atoms with E-state index in [9.17, 15) is 0 Å². The third-order valence-electron chi connectivity index (χ3n) is 1.44. The summed E-state index contributed by atoms with van der Waals surface area (Å²) in [5, 5.41) is 0.754. The van der Waals surface area contributed by atoms with Crippen LogP contribution in [0.25, 0.3) is 5.65 Å². The minimum Gasteiger partial charge on any atom is -0.306 e. The van der Waals surface area contributed by atoms with E-state index in [0.29, 0.717) is 0 Å². The summed E-state index contributed by atoms with van der Waals surface area (Å²) in [6.45, 7) is 0. The van der Waals surface area contributed by atoms with Crippen molar-refractivity contribution in [3.8, 4) is 0 Å². The summed E-state index contributed by atoms with van der Waals surface area (Å²) in [6, 6.07) is 1.85. The van der Waals surface area contributed by atoms with Crippen LogP contribution in [0.1, 0.15) is 0 Å². The Morgan fingerprint density at radius 3 is 3.18 bits per heavy atom. The van der Waals surface area contributed by atoms with Crippen LogP contribution in [0.15, 0.2) is 24.7 Å². The molecule has 11 heavy (non-hydrogen) atoms. The molecular weight excluding hydrogens is 274 g/mol. The number of hydrogen-bond donors (Lipinski definition) is 0. The molecule has 0 unspecified atom stereocenters. The summed E-state index contributed by atoms with van der Waals surface area (Å²) in [5.74, 6) is 0. The molecule has 0 aromatic carbocycles. The SMILES string of the molecule is Clc1cc2nccn2cc1I. The fraction of sp³-hybridized carbons (Fsp3) is 0. The quantitative estimate of drug-likeness (QED) is 0.677. The topological polar surface area (TPSA) is 17.3 Å². The fourth-order valence-electron chi connectivity index (χ4n) is 0.912. The molecule has 2 nitrogen and oxygen atoms in total. The van der Waals surface area contributed by atoms with Gasteiger partial charge in [-0.25, -0.2) is 4.98 Å². The van der Waals surface area contributed by atoms with Gasteiger partial charge in [0.25, 0.3) is 0 Å². The third-order valence-corrected chi connectivity index (χ3v) is 2.93. The van der Waals surface area contributed by atoms with Gasteiger partial charge in [0.15, 0.2) is 0 Å². The maximum absolute atomic E-state index is 5.88. The largest absolute Gasteiger partial charge is 0.306 e. The van der Waals surface area contributed by atoms with Crippen molar-refractivity contribution in [2.75, 3.05) is 0 Å². The average Bonchev–Trinajstić information content (AvgIpc) is 2.36. The molecule has 56 valence electrons. The minimum absolute atomic E-state index is 0.754. The Bertz CT molecular complexity index is 360. The summed E-state index contributed by atoms with van der Waals surface area (Å²) < 4.78 is 2.97. The molecule has 0 fully saturated rings. The first kappa shape index (κ1) is 7.36. The highest BCUT2D eigenvalue weighted by molar-refractivity contribution is 14.1. The molecule has 2 aromatic rings. The van der Waals surface area contributed by atoms with Crippen molar-refractivity contribution in [1.82, 2.24) is 9.38 Å². The first-order chi connectivity index (χ1) is 5.27. The zero-order valence-corrected chi connectivity index (χ0v) is 8.37. The number of imidazole rings is 1.